The predicted octanol–water partition coefficient (Wildman–Crippen LogP) is 3.37. The monoisotopic (exact) mass is 566 g/mol. The lowest BCUT2D eigenvalue weighted by Gasteiger charge is -2.13. The molecule has 0 radical (unpaired) electrons. The van der Waals surface area contributed by atoms with Crippen molar-refractivity contribution in [1.29, 1.82) is 0 Å². The third kappa shape index (κ3) is 6.69. The number of methoxy groups -OCH3 is 1. The predicted molar refractivity (Wildman–Crippen MR) is 151 cm³/mol. The highest BCUT2D eigenvalue weighted by Crippen LogP contribution is 2.31. The van der Waals surface area contributed by atoms with Crippen LogP contribution in [0.25, 0.3) is 16.9 Å². The molecule has 0 fully saturated rings. The molecule has 0 aliphatic carbocycles. The number of ether oxygens (including phenoxy) is 1. The minimum atomic E-state index is -1.08. The molecule has 11 nitrogen and oxygen atoms in total. The van der Waals surface area contributed by atoms with Crippen LogP contribution < -0.4 is 31.7 Å². The molecular formula is C28H32F2N8O3. The van der Waals surface area contributed by atoms with Gasteiger partial charge in [-0.05, 0) is 55.3 Å². The van der Waals surface area contributed by atoms with Crippen molar-refractivity contribution in [2.24, 2.45) is 5.73 Å². The molecule has 0 saturated carbocycles. The highest BCUT2D eigenvalue weighted by atomic mass is 19.2. The number of fused-ring (bicyclic) bond motifs is 1. The van der Waals surface area contributed by atoms with Crippen molar-refractivity contribution in [1.82, 2.24) is 30.3 Å². The lowest BCUT2D eigenvalue weighted by atomic mass is 10.0. The first-order valence-electron chi connectivity index (χ1n) is 13.1. The van der Waals surface area contributed by atoms with Crippen LogP contribution in [0.3, 0.4) is 0 Å². The molecule has 2 heterocycles. The molecule has 0 saturated heterocycles. The third-order valence-electron chi connectivity index (χ3n) is 6.33. The zero-order valence-corrected chi connectivity index (χ0v) is 22.8. The number of nitrogens with two attached hydrogens (primary N) is 1. The highest BCUT2D eigenvalue weighted by molar-refractivity contribution is 5.96. The number of nitrogens with one attached hydrogen (secondary N) is 4. The Labute approximate surface area is 235 Å². The highest BCUT2D eigenvalue weighted by Gasteiger charge is 2.19. The van der Waals surface area contributed by atoms with Crippen LogP contribution in [-0.4, -0.2) is 59.6 Å². The van der Waals surface area contributed by atoms with Gasteiger partial charge in [0.2, 0.25) is 5.82 Å². The Morgan fingerprint density at radius 1 is 1.02 bits per heavy atom. The number of carbonyl (C=O) groups is 2. The number of aromatic nitrogens is 3. The Morgan fingerprint density at radius 2 is 1.80 bits per heavy atom. The van der Waals surface area contributed by atoms with Gasteiger partial charge in [-0.2, -0.15) is 4.39 Å². The van der Waals surface area contributed by atoms with Gasteiger partial charge < -0.3 is 31.7 Å². The fourth-order valence-corrected chi connectivity index (χ4v) is 4.23. The van der Waals surface area contributed by atoms with Crippen molar-refractivity contribution >= 4 is 29.1 Å². The van der Waals surface area contributed by atoms with Crippen LogP contribution in [0, 0.1) is 11.6 Å². The number of amides is 3. The Balaban J connectivity index is 1.46. The van der Waals surface area contributed by atoms with Gasteiger partial charge in [-0.15, -0.1) is 0 Å². The molecule has 0 atom stereocenters. The second-order valence-electron chi connectivity index (χ2n) is 8.99. The Hall–Kier alpha value is -4.78. The van der Waals surface area contributed by atoms with Gasteiger partial charge >= 0.3 is 6.03 Å². The molecule has 4 rings (SSSR count). The number of hydrogen-bond acceptors (Lipinski definition) is 7. The number of carbonyl (C=O) groups excluding carboxylic acids is 2. The summed E-state index contributed by atoms with van der Waals surface area (Å²) in [6.07, 6.45) is 5.85. The van der Waals surface area contributed by atoms with Gasteiger partial charge in [-0.1, -0.05) is 6.92 Å². The maximum absolute atomic E-state index is 14.8. The normalized spacial score (nSPS) is 10.9. The van der Waals surface area contributed by atoms with Crippen molar-refractivity contribution in [3.05, 3.63) is 71.7 Å². The Morgan fingerprint density at radius 3 is 2.56 bits per heavy atom. The standard InChI is InChI=1S/C28H32F2N8O3/c1-3-17-15-18(5-6-19(17)27(39)33-11-12-35-28(40)34-10-4-9-31)37-25-26-36-16-21(38(26)14-13-32-25)20-7-8-22(41-2)24(30)23(20)29/h5-8,13-16H,3-4,9-12,31H2,1-2H3,(H,32,37)(H,33,39)(H2,34,35,40). The van der Waals surface area contributed by atoms with E-state index in [-0.39, 0.29) is 36.3 Å². The van der Waals surface area contributed by atoms with Crippen molar-refractivity contribution in [2.45, 2.75) is 19.8 Å². The molecule has 41 heavy (non-hydrogen) atoms. The summed E-state index contributed by atoms with van der Waals surface area (Å²) in [5, 5.41) is 11.4. The average molecular weight is 567 g/mol. The van der Waals surface area contributed by atoms with E-state index in [2.05, 4.69) is 31.2 Å². The van der Waals surface area contributed by atoms with E-state index < -0.39 is 11.6 Å². The van der Waals surface area contributed by atoms with E-state index in [0.717, 1.165) is 5.56 Å². The zero-order valence-electron chi connectivity index (χ0n) is 22.8. The van der Waals surface area contributed by atoms with Crippen LogP contribution in [0.1, 0.15) is 29.3 Å². The summed E-state index contributed by atoms with van der Waals surface area (Å²) in [6.45, 7) is 3.46. The fourth-order valence-electron chi connectivity index (χ4n) is 4.23. The molecular weight excluding hydrogens is 534 g/mol. The van der Waals surface area contributed by atoms with Gasteiger partial charge in [0.1, 0.15) is 0 Å². The first kappa shape index (κ1) is 29.2. The lowest BCUT2D eigenvalue weighted by molar-refractivity contribution is 0.0953. The molecule has 2 aromatic heterocycles. The van der Waals surface area contributed by atoms with Crippen LogP contribution in [0.15, 0.2) is 48.9 Å². The zero-order chi connectivity index (χ0) is 29.4. The SMILES string of the molecule is CCc1cc(Nc2nccn3c(-c4ccc(OC)c(F)c4F)cnc23)ccc1C(=O)NCCNC(=O)NCCCN. The van der Waals surface area contributed by atoms with E-state index in [9.17, 15) is 18.4 Å². The Kier molecular flexibility index (Phi) is 9.64. The number of benzene rings is 2. The van der Waals surface area contributed by atoms with Gasteiger partial charge in [-0.3, -0.25) is 9.20 Å². The maximum atomic E-state index is 14.8. The summed E-state index contributed by atoms with van der Waals surface area (Å²) in [5.74, 6) is -2.18. The summed E-state index contributed by atoms with van der Waals surface area (Å²) < 4.78 is 35.6. The maximum Gasteiger partial charge on any atom is 0.314 e. The molecule has 216 valence electrons. The number of urea groups is 1. The Bertz CT molecular complexity index is 1540. The number of halogens is 2. The number of aryl methyl sites for hydroxylation is 1. The molecule has 0 aliphatic rings. The van der Waals surface area contributed by atoms with Gasteiger partial charge in [0, 0.05) is 48.8 Å². The average Bonchev–Trinajstić information content (AvgIpc) is 3.41. The summed E-state index contributed by atoms with van der Waals surface area (Å²) in [7, 11) is 1.27. The van der Waals surface area contributed by atoms with E-state index in [1.54, 1.807) is 22.7 Å². The third-order valence-corrected chi connectivity index (χ3v) is 6.33. The summed E-state index contributed by atoms with van der Waals surface area (Å²) in [6, 6.07) is 7.76. The molecule has 3 amide bonds. The van der Waals surface area contributed by atoms with Crippen LogP contribution in [0.5, 0.6) is 5.75 Å². The number of imidazole rings is 1. The molecule has 0 bridgehead atoms. The van der Waals surface area contributed by atoms with E-state index >= 15 is 0 Å². The smallest absolute Gasteiger partial charge is 0.314 e. The van der Waals surface area contributed by atoms with Crippen LogP contribution in [-0.2, 0) is 6.42 Å². The molecule has 0 spiro atoms. The van der Waals surface area contributed by atoms with Crippen LogP contribution in [0.4, 0.5) is 25.1 Å². The van der Waals surface area contributed by atoms with E-state index in [1.165, 1.54) is 31.6 Å². The molecule has 0 aliphatic heterocycles. The molecule has 13 heteroatoms. The van der Waals surface area contributed by atoms with Crippen LogP contribution >= 0.6 is 0 Å². The summed E-state index contributed by atoms with van der Waals surface area (Å²) in [5.41, 5.74) is 8.15. The topological polar surface area (TPSA) is 148 Å². The number of rotatable bonds is 12. The molecule has 4 aromatic rings. The van der Waals surface area contributed by atoms with Crippen molar-refractivity contribution in [3.8, 4) is 17.0 Å². The second-order valence-corrected chi connectivity index (χ2v) is 8.99. The second kappa shape index (κ2) is 13.5. The summed E-state index contributed by atoms with van der Waals surface area (Å²) in [4.78, 5) is 33.2. The van der Waals surface area contributed by atoms with E-state index in [0.29, 0.717) is 54.3 Å². The first-order valence-corrected chi connectivity index (χ1v) is 13.1. The van der Waals surface area contributed by atoms with E-state index in [4.69, 9.17) is 10.5 Å². The number of nitrogens with zero attached hydrogens (tertiary/aromatic N) is 3. The minimum absolute atomic E-state index is 0.0269. The van der Waals surface area contributed by atoms with Crippen molar-refractivity contribution in [3.63, 3.8) is 0 Å². The molecule has 6 N–H and O–H groups in total. The molecule has 2 aromatic carbocycles. The fraction of sp³-hybridized carbons (Fsp3) is 0.286. The van der Waals surface area contributed by atoms with Gasteiger partial charge in [0.25, 0.3) is 5.91 Å². The quantitative estimate of drug-likeness (QED) is 0.165. The van der Waals surface area contributed by atoms with Gasteiger partial charge in [0.15, 0.2) is 23.0 Å². The first-order chi connectivity index (χ1) is 19.9. The van der Waals surface area contributed by atoms with Gasteiger partial charge in [0.05, 0.1) is 19.0 Å². The lowest BCUT2D eigenvalue weighted by Crippen LogP contribution is -2.41. The number of anilines is 2. The van der Waals surface area contributed by atoms with Crippen LogP contribution in [0.2, 0.25) is 0 Å². The summed E-state index contributed by atoms with van der Waals surface area (Å²) >= 11 is 0. The molecule has 0 unspecified atom stereocenters. The number of hydrogen-bond donors (Lipinski definition) is 5. The largest absolute Gasteiger partial charge is 0.494 e. The van der Waals surface area contributed by atoms with Gasteiger partial charge in [-0.25, -0.2) is 19.2 Å². The van der Waals surface area contributed by atoms with E-state index in [1.807, 2.05) is 13.0 Å². The van der Waals surface area contributed by atoms with Crippen molar-refractivity contribution < 1.29 is 23.1 Å². The minimum Gasteiger partial charge on any atom is -0.494 e. The van der Waals surface area contributed by atoms with Crippen molar-refractivity contribution in [2.75, 3.05) is 38.6 Å².